The lowest BCUT2D eigenvalue weighted by molar-refractivity contribution is -0.139. The largest absolute Gasteiger partial charge is 0.480 e. The number of amides is 2. The maximum absolute atomic E-state index is 11.8. The summed E-state index contributed by atoms with van der Waals surface area (Å²) in [4.78, 5) is 25.2. The van der Waals surface area contributed by atoms with Crippen molar-refractivity contribution in [1.82, 2.24) is 15.5 Å². The Labute approximate surface area is 118 Å². The number of hydrogen-bond donors (Lipinski definition) is 3. The lowest BCUT2D eigenvalue weighted by Crippen LogP contribution is -2.52. The summed E-state index contributed by atoms with van der Waals surface area (Å²) in [6, 6.07) is -0.777. The molecule has 0 spiro atoms. The van der Waals surface area contributed by atoms with Crippen LogP contribution >= 0.6 is 0 Å². The molecule has 3 N–H and O–H groups in total. The Bertz CT molecular complexity index is 418. The number of piperidine rings is 1. The van der Waals surface area contributed by atoms with Crippen LogP contribution in [0, 0.1) is 12.3 Å². The van der Waals surface area contributed by atoms with Crippen LogP contribution in [0.3, 0.4) is 0 Å². The van der Waals surface area contributed by atoms with Gasteiger partial charge in [-0.25, -0.2) is 9.59 Å². The molecule has 3 unspecified atom stereocenters. The Morgan fingerprint density at radius 2 is 2.20 bits per heavy atom. The molecule has 3 atom stereocenters. The second-order valence-corrected chi connectivity index (χ2v) is 5.47. The number of nitrogens with one attached hydrogen (secondary N) is 2. The van der Waals surface area contributed by atoms with Crippen LogP contribution in [-0.2, 0) is 4.79 Å². The molecule has 0 aromatic carbocycles. The summed E-state index contributed by atoms with van der Waals surface area (Å²) in [5.74, 6) is 1.15. The van der Waals surface area contributed by atoms with Gasteiger partial charge in [0.25, 0.3) is 0 Å². The van der Waals surface area contributed by atoms with Gasteiger partial charge in [0.15, 0.2) is 0 Å². The fourth-order valence-electron chi connectivity index (χ4n) is 3.06. The van der Waals surface area contributed by atoms with Crippen molar-refractivity contribution in [2.24, 2.45) is 0 Å². The molecule has 0 aromatic heterocycles. The van der Waals surface area contributed by atoms with Gasteiger partial charge in [0.05, 0.1) is 0 Å². The Hall–Kier alpha value is -1.74. The summed E-state index contributed by atoms with van der Waals surface area (Å²) in [5.41, 5.74) is 0. The van der Waals surface area contributed by atoms with Crippen molar-refractivity contribution in [2.75, 3.05) is 13.1 Å². The van der Waals surface area contributed by atoms with Gasteiger partial charge in [-0.05, 0) is 32.2 Å². The van der Waals surface area contributed by atoms with E-state index in [0.717, 1.165) is 25.9 Å². The molecule has 2 amide bonds. The molecule has 2 heterocycles. The summed E-state index contributed by atoms with van der Waals surface area (Å²) in [7, 11) is 0. The van der Waals surface area contributed by atoms with Gasteiger partial charge in [0, 0.05) is 25.0 Å². The number of terminal acetylenes is 1. The highest BCUT2D eigenvalue weighted by Gasteiger charge is 2.32. The third-order valence-electron chi connectivity index (χ3n) is 4.08. The minimum absolute atomic E-state index is 0.0101. The molecule has 6 heteroatoms. The number of urea groups is 1. The number of fused-ring (bicyclic) bond motifs is 1. The molecule has 0 bridgehead atoms. The topological polar surface area (TPSA) is 81.7 Å². The molecule has 20 heavy (non-hydrogen) atoms. The zero-order chi connectivity index (χ0) is 14.5. The first-order chi connectivity index (χ1) is 9.60. The zero-order valence-corrected chi connectivity index (χ0v) is 11.5. The van der Waals surface area contributed by atoms with Gasteiger partial charge >= 0.3 is 12.0 Å². The van der Waals surface area contributed by atoms with E-state index in [1.165, 1.54) is 12.8 Å². The molecule has 0 aromatic rings. The molecule has 2 fully saturated rings. The molecule has 0 saturated carbocycles. The molecule has 2 aliphatic rings. The maximum Gasteiger partial charge on any atom is 0.327 e. The predicted octanol–water partition coefficient (Wildman–Crippen LogP) is 0.389. The minimum Gasteiger partial charge on any atom is -0.480 e. The van der Waals surface area contributed by atoms with Crippen molar-refractivity contribution < 1.29 is 14.7 Å². The van der Waals surface area contributed by atoms with Crippen LogP contribution in [0.5, 0.6) is 0 Å². The Kier molecular flexibility index (Phi) is 4.85. The first-order valence-electron chi connectivity index (χ1n) is 7.07. The number of carbonyl (C=O) groups is 2. The number of aliphatic carboxylic acids is 1. The molecule has 0 radical (unpaired) electrons. The van der Waals surface area contributed by atoms with Gasteiger partial charge in [-0.3, -0.25) is 0 Å². The molecule has 2 rings (SSSR count). The average Bonchev–Trinajstić information content (AvgIpc) is 2.85. The third-order valence-corrected chi connectivity index (χ3v) is 4.08. The Morgan fingerprint density at radius 3 is 2.90 bits per heavy atom. The van der Waals surface area contributed by atoms with Crippen LogP contribution in [-0.4, -0.2) is 53.2 Å². The summed E-state index contributed by atoms with van der Waals surface area (Å²) in [5, 5.41) is 14.2. The van der Waals surface area contributed by atoms with Gasteiger partial charge in [-0.2, -0.15) is 0 Å². The fourth-order valence-corrected chi connectivity index (χ4v) is 3.06. The zero-order valence-electron chi connectivity index (χ0n) is 11.5. The average molecular weight is 279 g/mol. The van der Waals surface area contributed by atoms with E-state index in [1.54, 1.807) is 0 Å². The van der Waals surface area contributed by atoms with Gasteiger partial charge in [0.2, 0.25) is 0 Å². The van der Waals surface area contributed by atoms with Crippen LogP contribution in [0.4, 0.5) is 4.79 Å². The second kappa shape index (κ2) is 6.62. The highest BCUT2D eigenvalue weighted by atomic mass is 16.4. The Morgan fingerprint density at radius 1 is 1.40 bits per heavy atom. The molecule has 110 valence electrons. The molecule has 2 saturated heterocycles. The quantitative estimate of drug-likeness (QED) is 0.650. The smallest absolute Gasteiger partial charge is 0.327 e. The van der Waals surface area contributed by atoms with Crippen LogP contribution < -0.4 is 10.6 Å². The van der Waals surface area contributed by atoms with Crippen molar-refractivity contribution in [3.05, 3.63) is 0 Å². The highest BCUT2D eigenvalue weighted by Crippen LogP contribution is 2.26. The van der Waals surface area contributed by atoms with E-state index in [2.05, 4.69) is 21.5 Å². The van der Waals surface area contributed by atoms with E-state index < -0.39 is 18.0 Å². The van der Waals surface area contributed by atoms with Crippen molar-refractivity contribution in [2.45, 2.75) is 50.2 Å². The van der Waals surface area contributed by atoms with E-state index in [0.29, 0.717) is 6.04 Å². The van der Waals surface area contributed by atoms with Crippen LogP contribution in [0.15, 0.2) is 0 Å². The number of rotatable bonds is 4. The summed E-state index contributed by atoms with van der Waals surface area (Å²) in [6.07, 6.45) is 9.36. The molecule has 0 aliphatic carbocycles. The Balaban J connectivity index is 1.79. The molecular formula is C14H21N3O3. The van der Waals surface area contributed by atoms with E-state index >= 15 is 0 Å². The molecule has 6 nitrogen and oxygen atoms in total. The predicted molar refractivity (Wildman–Crippen MR) is 74.2 cm³/mol. The summed E-state index contributed by atoms with van der Waals surface area (Å²) < 4.78 is 0. The SMILES string of the molecule is C#CCC(NC(=O)NC1CCN2CCCC2C1)C(=O)O. The van der Waals surface area contributed by atoms with E-state index in [-0.39, 0.29) is 12.5 Å². The maximum atomic E-state index is 11.8. The minimum atomic E-state index is -1.11. The first kappa shape index (κ1) is 14.7. The van der Waals surface area contributed by atoms with E-state index in [1.807, 2.05) is 0 Å². The number of carbonyl (C=O) groups excluding carboxylic acids is 1. The number of hydrogen-bond acceptors (Lipinski definition) is 3. The lowest BCUT2D eigenvalue weighted by Gasteiger charge is -2.35. The number of carboxylic acids is 1. The van der Waals surface area contributed by atoms with Gasteiger partial charge < -0.3 is 20.6 Å². The monoisotopic (exact) mass is 279 g/mol. The van der Waals surface area contributed by atoms with E-state index in [4.69, 9.17) is 11.5 Å². The number of carboxylic acid groups (broad SMARTS) is 1. The van der Waals surface area contributed by atoms with Gasteiger partial charge in [-0.1, -0.05) is 0 Å². The number of nitrogens with zero attached hydrogens (tertiary/aromatic N) is 1. The van der Waals surface area contributed by atoms with Crippen molar-refractivity contribution in [1.29, 1.82) is 0 Å². The van der Waals surface area contributed by atoms with Gasteiger partial charge in [-0.15, -0.1) is 12.3 Å². The lowest BCUT2D eigenvalue weighted by atomic mass is 9.98. The molecular weight excluding hydrogens is 258 g/mol. The third kappa shape index (κ3) is 3.64. The van der Waals surface area contributed by atoms with Crippen LogP contribution in [0.1, 0.15) is 32.1 Å². The van der Waals surface area contributed by atoms with Crippen molar-refractivity contribution >= 4 is 12.0 Å². The van der Waals surface area contributed by atoms with Crippen molar-refractivity contribution in [3.63, 3.8) is 0 Å². The first-order valence-corrected chi connectivity index (χ1v) is 7.07. The van der Waals surface area contributed by atoms with Gasteiger partial charge in [0.1, 0.15) is 6.04 Å². The van der Waals surface area contributed by atoms with Crippen LogP contribution in [0.25, 0.3) is 0 Å². The molecule has 2 aliphatic heterocycles. The summed E-state index contributed by atoms with van der Waals surface area (Å²) >= 11 is 0. The summed E-state index contributed by atoms with van der Waals surface area (Å²) in [6.45, 7) is 2.16. The normalized spacial score (nSPS) is 27.1. The van der Waals surface area contributed by atoms with Crippen molar-refractivity contribution in [3.8, 4) is 12.3 Å². The van der Waals surface area contributed by atoms with E-state index in [9.17, 15) is 9.59 Å². The highest BCUT2D eigenvalue weighted by molar-refractivity contribution is 5.82. The second-order valence-electron chi connectivity index (χ2n) is 5.47. The standard InChI is InChI=1S/C14H21N3O3/c1-2-4-12(13(18)19)16-14(20)15-10-6-8-17-7-3-5-11(17)9-10/h1,10-12H,3-9H2,(H,18,19)(H2,15,16,20). The van der Waals surface area contributed by atoms with Crippen LogP contribution in [0.2, 0.25) is 0 Å². The fraction of sp³-hybridized carbons (Fsp3) is 0.714.